The summed E-state index contributed by atoms with van der Waals surface area (Å²) in [6.07, 6.45) is 12.9. The number of rotatable bonds is 17. The number of nitrogens with zero attached hydrogens (tertiary/aromatic N) is 2. The van der Waals surface area contributed by atoms with Crippen LogP contribution in [0, 0.1) is 5.92 Å². The molecule has 2 rings (SSSR count). The molecule has 33 heavy (non-hydrogen) atoms. The molecule has 0 spiro atoms. The first-order valence-electron chi connectivity index (χ1n) is 12.5. The molecule has 0 aliphatic carbocycles. The highest BCUT2D eigenvalue weighted by atomic mass is 16.5. The molecule has 0 saturated heterocycles. The molecule has 0 aliphatic rings. The zero-order valence-corrected chi connectivity index (χ0v) is 20.6. The molecule has 1 aromatic heterocycles. The summed E-state index contributed by atoms with van der Waals surface area (Å²) in [7, 11) is 0. The van der Waals surface area contributed by atoms with Crippen molar-refractivity contribution in [2.24, 2.45) is 5.92 Å². The minimum Gasteiger partial charge on any atom is -0.488 e. The third-order valence-electron chi connectivity index (χ3n) is 5.64. The number of hydrogen-bond acceptors (Lipinski definition) is 6. The van der Waals surface area contributed by atoms with Crippen LogP contribution in [0.4, 0.5) is 0 Å². The summed E-state index contributed by atoms with van der Waals surface area (Å²) in [5.41, 5.74) is 0.852. The van der Waals surface area contributed by atoms with Crippen LogP contribution in [0.1, 0.15) is 78.6 Å². The highest BCUT2D eigenvalue weighted by molar-refractivity contribution is 5.72. The first kappa shape index (κ1) is 26.8. The van der Waals surface area contributed by atoms with Crippen molar-refractivity contribution >= 4 is 5.97 Å². The largest absolute Gasteiger partial charge is 0.488 e. The van der Waals surface area contributed by atoms with Crippen LogP contribution in [0.2, 0.25) is 0 Å². The number of carbonyl (C=O) groups excluding carboxylic acids is 1. The van der Waals surface area contributed by atoms with Gasteiger partial charge in [0, 0.05) is 18.6 Å². The van der Waals surface area contributed by atoms with Gasteiger partial charge < -0.3 is 14.2 Å². The van der Waals surface area contributed by atoms with Gasteiger partial charge >= 0.3 is 5.97 Å². The van der Waals surface area contributed by atoms with Gasteiger partial charge in [0.15, 0.2) is 11.6 Å². The highest BCUT2D eigenvalue weighted by Crippen LogP contribution is 2.21. The van der Waals surface area contributed by atoms with E-state index in [4.69, 9.17) is 14.2 Å². The van der Waals surface area contributed by atoms with Gasteiger partial charge in [-0.1, -0.05) is 59.3 Å². The molecule has 6 heteroatoms. The van der Waals surface area contributed by atoms with Crippen LogP contribution in [0.5, 0.6) is 11.5 Å². The molecule has 6 nitrogen and oxygen atoms in total. The summed E-state index contributed by atoms with van der Waals surface area (Å²) in [6, 6.07) is 7.26. The molecule has 0 saturated carbocycles. The Balaban J connectivity index is 1.68. The number of carbonyl (C=O) groups is 1. The summed E-state index contributed by atoms with van der Waals surface area (Å²) in [4.78, 5) is 20.8. The number of hydrogen-bond donors (Lipinski definition) is 0. The topological polar surface area (TPSA) is 70.5 Å². The average Bonchev–Trinajstić information content (AvgIpc) is 2.84. The Morgan fingerprint density at radius 2 is 1.64 bits per heavy atom. The lowest BCUT2D eigenvalue weighted by Gasteiger charge is -2.08. The maximum atomic E-state index is 12.0. The quantitative estimate of drug-likeness (QED) is 0.151. The Labute approximate surface area is 199 Å². The highest BCUT2D eigenvalue weighted by Gasteiger charge is 2.08. The molecule has 1 heterocycles. The van der Waals surface area contributed by atoms with Crippen molar-refractivity contribution in [2.75, 3.05) is 19.8 Å². The van der Waals surface area contributed by atoms with Gasteiger partial charge in [0.25, 0.3) is 0 Å². The molecule has 2 aromatic rings. The van der Waals surface area contributed by atoms with Crippen LogP contribution in [0.3, 0.4) is 0 Å². The third-order valence-corrected chi connectivity index (χ3v) is 5.64. The number of benzene rings is 1. The van der Waals surface area contributed by atoms with Crippen LogP contribution in [-0.4, -0.2) is 35.8 Å². The fourth-order valence-electron chi connectivity index (χ4n) is 3.31. The minimum absolute atomic E-state index is 0.186. The van der Waals surface area contributed by atoms with E-state index in [-0.39, 0.29) is 5.97 Å². The molecule has 0 amide bonds. The predicted octanol–water partition coefficient (Wildman–Crippen LogP) is 6.63. The van der Waals surface area contributed by atoms with Gasteiger partial charge in [-0.05, 0) is 43.0 Å². The second-order valence-corrected chi connectivity index (χ2v) is 8.52. The van der Waals surface area contributed by atoms with E-state index in [0.717, 1.165) is 43.8 Å². The number of ether oxygens (including phenoxy) is 3. The second-order valence-electron chi connectivity index (χ2n) is 8.52. The molecular weight excluding hydrogens is 416 g/mol. The average molecular weight is 457 g/mol. The normalized spacial score (nSPS) is 11.8. The van der Waals surface area contributed by atoms with E-state index in [0.29, 0.717) is 37.0 Å². The molecule has 1 atom stereocenters. The van der Waals surface area contributed by atoms with Gasteiger partial charge in [-0.25, -0.2) is 9.97 Å². The van der Waals surface area contributed by atoms with Crippen LogP contribution in [0.15, 0.2) is 36.7 Å². The van der Waals surface area contributed by atoms with E-state index in [1.807, 2.05) is 12.1 Å². The molecular formula is C27H40N2O4. The number of unbranched alkanes of at least 4 members (excludes halogenated alkanes) is 4. The molecule has 1 unspecified atom stereocenters. The molecule has 0 bridgehead atoms. The van der Waals surface area contributed by atoms with Gasteiger partial charge in [0.05, 0.1) is 19.0 Å². The van der Waals surface area contributed by atoms with Gasteiger partial charge in [0.1, 0.15) is 12.4 Å². The summed E-state index contributed by atoms with van der Waals surface area (Å²) in [5, 5.41) is 0. The zero-order valence-electron chi connectivity index (χ0n) is 20.6. The van der Waals surface area contributed by atoms with Crippen LogP contribution in [0.25, 0.3) is 11.4 Å². The third kappa shape index (κ3) is 11.3. The van der Waals surface area contributed by atoms with E-state index in [1.54, 1.807) is 24.5 Å². The van der Waals surface area contributed by atoms with E-state index in [1.165, 1.54) is 25.7 Å². The minimum atomic E-state index is -0.186. The molecule has 1 aromatic carbocycles. The molecule has 0 fully saturated rings. The standard InChI is InChI=1S/C27H40N2O4/c1-4-6-7-10-17-31-18-19-32-25-20-28-27(29-21-25)23-13-15-24(16-14-23)33-26(30)12-9-8-11-22(3)5-2/h13-16,20-22H,4-12,17-19H2,1-3H3. The molecule has 0 aliphatic heterocycles. The second kappa shape index (κ2) is 16.2. The van der Waals surface area contributed by atoms with E-state index in [2.05, 4.69) is 30.7 Å². The summed E-state index contributed by atoms with van der Waals surface area (Å²) in [5.74, 6) is 2.29. The predicted molar refractivity (Wildman–Crippen MR) is 131 cm³/mol. The van der Waals surface area contributed by atoms with Crippen LogP contribution >= 0.6 is 0 Å². The van der Waals surface area contributed by atoms with Gasteiger partial charge in [-0.3, -0.25) is 4.79 Å². The monoisotopic (exact) mass is 456 g/mol. The number of aromatic nitrogens is 2. The van der Waals surface area contributed by atoms with E-state index >= 15 is 0 Å². The van der Waals surface area contributed by atoms with Crippen molar-refractivity contribution in [2.45, 2.75) is 78.6 Å². The first-order valence-corrected chi connectivity index (χ1v) is 12.5. The van der Waals surface area contributed by atoms with Crippen LogP contribution < -0.4 is 9.47 Å². The van der Waals surface area contributed by atoms with Crippen molar-refractivity contribution in [3.63, 3.8) is 0 Å². The Kier molecular flexibility index (Phi) is 13.1. The van der Waals surface area contributed by atoms with Crippen molar-refractivity contribution < 1.29 is 19.0 Å². The SMILES string of the molecule is CCCCCCOCCOc1cnc(-c2ccc(OC(=O)CCCCC(C)CC)cc2)nc1. The molecule has 182 valence electrons. The van der Waals surface area contributed by atoms with Crippen molar-refractivity contribution in [3.8, 4) is 22.9 Å². The summed E-state index contributed by atoms with van der Waals surface area (Å²) in [6.45, 7) is 8.47. The van der Waals surface area contributed by atoms with Crippen LogP contribution in [-0.2, 0) is 9.53 Å². The Morgan fingerprint density at radius 1 is 0.879 bits per heavy atom. The van der Waals surface area contributed by atoms with Gasteiger partial charge in [-0.2, -0.15) is 0 Å². The summed E-state index contributed by atoms with van der Waals surface area (Å²) < 4.78 is 16.7. The maximum Gasteiger partial charge on any atom is 0.311 e. The Bertz CT molecular complexity index is 778. The Hall–Kier alpha value is -2.47. The number of esters is 1. The van der Waals surface area contributed by atoms with Crippen molar-refractivity contribution in [1.29, 1.82) is 0 Å². The lowest BCUT2D eigenvalue weighted by molar-refractivity contribution is -0.134. The van der Waals surface area contributed by atoms with Crippen molar-refractivity contribution in [1.82, 2.24) is 9.97 Å². The van der Waals surface area contributed by atoms with E-state index < -0.39 is 0 Å². The maximum absolute atomic E-state index is 12.0. The first-order chi connectivity index (χ1) is 16.1. The van der Waals surface area contributed by atoms with Crippen molar-refractivity contribution in [3.05, 3.63) is 36.7 Å². The van der Waals surface area contributed by atoms with Gasteiger partial charge in [-0.15, -0.1) is 0 Å². The summed E-state index contributed by atoms with van der Waals surface area (Å²) >= 11 is 0. The fourth-order valence-corrected chi connectivity index (χ4v) is 3.31. The molecule has 0 radical (unpaired) electrons. The smallest absolute Gasteiger partial charge is 0.311 e. The Morgan fingerprint density at radius 3 is 2.33 bits per heavy atom. The lowest BCUT2D eigenvalue weighted by Crippen LogP contribution is -2.08. The van der Waals surface area contributed by atoms with E-state index in [9.17, 15) is 4.79 Å². The zero-order chi connectivity index (χ0) is 23.7. The lowest BCUT2D eigenvalue weighted by atomic mass is 10.0. The van der Waals surface area contributed by atoms with Gasteiger partial charge in [0.2, 0.25) is 0 Å². The fraction of sp³-hybridized carbons (Fsp3) is 0.593. The molecule has 0 N–H and O–H groups in total.